The summed E-state index contributed by atoms with van der Waals surface area (Å²) < 4.78 is 0. The van der Waals surface area contributed by atoms with Gasteiger partial charge in [-0.1, -0.05) is 41.9 Å². The number of para-hydroxylation sites is 1. The van der Waals surface area contributed by atoms with E-state index in [1.165, 1.54) is 0 Å². The number of hydrogen-bond acceptors (Lipinski definition) is 3. The number of carbonyl (C=O) groups excluding carboxylic acids is 1. The number of pyridine rings is 2. The summed E-state index contributed by atoms with van der Waals surface area (Å²) in [7, 11) is 0. The van der Waals surface area contributed by atoms with Gasteiger partial charge in [0.2, 0.25) is 5.91 Å². The molecule has 0 fully saturated rings. The highest BCUT2D eigenvalue weighted by atomic mass is 35.5. The zero-order chi connectivity index (χ0) is 22.8. The van der Waals surface area contributed by atoms with Crippen LogP contribution in [0, 0.1) is 6.92 Å². The third-order valence-electron chi connectivity index (χ3n) is 5.82. The SMILES string of the molecule is Cc1cccnc1NC(=O)CCCc1c(-c2ccc3ccccc3n2)[nH]c2ccc(Cl)cc12. The molecule has 0 radical (unpaired) electrons. The number of aromatic amines is 1. The molecule has 0 aliphatic rings. The van der Waals surface area contributed by atoms with Crippen molar-refractivity contribution in [2.45, 2.75) is 26.2 Å². The van der Waals surface area contributed by atoms with E-state index in [2.05, 4.69) is 27.4 Å². The van der Waals surface area contributed by atoms with Crippen LogP contribution >= 0.6 is 11.6 Å². The number of benzene rings is 2. The fourth-order valence-corrected chi connectivity index (χ4v) is 4.31. The third kappa shape index (κ3) is 4.45. The Morgan fingerprint density at radius 3 is 2.82 bits per heavy atom. The first-order valence-corrected chi connectivity index (χ1v) is 11.3. The van der Waals surface area contributed by atoms with E-state index in [9.17, 15) is 4.79 Å². The normalized spacial score (nSPS) is 11.2. The second kappa shape index (κ2) is 9.04. The summed E-state index contributed by atoms with van der Waals surface area (Å²) in [6.07, 6.45) is 3.49. The molecule has 2 N–H and O–H groups in total. The number of fused-ring (bicyclic) bond motifs is 2. The summed E-state index contributed by atoms with van der Waals surface area (Å²) in [6, 6.07) is 21.8. The number of rotatable bonds is 6. The van der Waals surface area contributed by atoms with Crippen molar-refractivity contribution in [2.24, 2.45) is 0 Å². The molecule has 0 spiro atoms. The van der Waals surface area contributed by atoms with Gasteiger partial charge in [0.15, 0.2) is 0 Å². The van der Waals surface area contributed by atoms with Crippen LogP contribution in [0.25, 0.3) is 33.2 Å². The number of nitrogens with one attached hydrogen (secondary N) is 2. The van der Waals surface area contributed by atoms with Gasteiger partial charge >= 0.3 is 0 Å². The van der Waals surface area contributed by atoms with Gasteiger partial charge in [-0.3, -0.25) is 4.79 Å². The maximum absolute atomic E-state index is 12.5. The second-order valence-corrected chi connectivity index (χ2v) is 8.56. The molecule has 5 aromatic rings. The highest BCUT2D eigenvalue weighted by Crippen LogP contribution is 2.33. The van der Waals surface area contributed by atoms with Crippen LogP contribution in [0.1, 0.15) is 24.0 Å². The fraction of sp³-hybridized carbons (Fsp3) is 0.148. The van der Waals surface area contributed by atoms with Gasteiger partial charge in [-0.25, -0.2) is 9.97 Å². The van der Waals surface area contributed by atoms with Crippen molar-refractivity contribution in [3.05, 3.63) is 89.1 Å². The van der Waals surface area contributed by atoms with E-state index in [0.29, 0.717) is 23.7 Å². The van der Waals surface area contributed by atoms with Crippen LogP contribution in [-0.2, 0) is 11.2 Å². The van der Waals surface area contributed by atoms with E-state index in [0.717, 1.165) is 50.7 Å². The first-order valence-electron chi connectivity index (χ1n) is 11.0. The van der Waals surface area contributed by atoms with Gasteiger partial charge in [0, 0.05) is 33.9 Å². The van der Waals surface area contributed by atoms with Crippen LogP contribution in [0.2, 0.25) is 5.02 Å². The number of aromatic nitrogens is 3. The average Bonchev–Trinajstić information content (AvgIpc) is 3.18. The van der Waals surface area contributed by atoms with Gasteiger partial charge in [0.1, 0.15) is 5.82 Å². The zero-order valence-electron chi connectivity index (χ0n) is 18.2. The Bertz CT molecular complexity index is 1470. The number of anilines is 1. The number of carbonyl (C=O) groups is 1. The maximum Gasteiger partial charge on any atom is 0.225 e. The first-order chi connectivity index (χ1) is 16.1. The van der Waals surface area contributed by atoms with Crippen molar-refractivity contribution in [2.75, 3.05) is 5.32 Å². The van der Waals surface area contributed by atoms with Crippen molar-refractivity contribution >= 4 is 45.1 Å². The zero-order valence-corrected chi connectivity index (χ0v) is 19.0. The lowest BCUT2D eigenvalue weighted by Gasteiger charge is -2.08. The summed E-state index contributed by atoms with van der Waals surface area (Å²) in [5, 5.41) is 5.76. The van der Waals surface area contributed by atoms with E-state index in [1.54, 1.807) is 6.20 Å². The van der Waals surface area contributed by atoms with Gasteiger partial charge in [0.25, 0.3) is 0 Å². The Labute approximate surface area is 196 Å². The number of amides is 1. The molecular weight excluding hydrogens is 432 g/mol. The van der Waals surface area contributed by atoms with Crippen molar-refractivity contribution in [3.63, 3.8) is 0 Å². The molecule has 3 heterocycles. The fourth-order valence-electron chi connectivity index (χ4n) is 4.14. The van der Waals surface area contributed by atoms with E-state index in [-0.39, 0.29) is 5.91 Å². The van der Waals surface area contributed by atoms with Crippen molar-refractivity contribution < 1.29 is 4.79 Å². The predicted octanol–water partition coefficient (Wildman–Crippen LogP) is 6.70. The lowest BCUT2D eigenvalue weighted by atomic mass is 10.0. The van der Waals surface area contributed by atoms with Crippen molar-refractivity contribution in [1.29, 1.82) is 0 Å². The minimum atomic E-state index is -0.0416. The maximum atomic E-state index is 12.5. The van der Waals surface area contributed by atoms with Crippen LogP contribution in [0.3, 0.4) is 0 Å². The van der Waals surface area contributed by atoms with Gasteiger partial charge < -0.3 is 10.3 Å². The molecule has 6 heteroatoms. The second-order valence-electron chi connectivity index (χ2n) is 8.13. The van der Waals surface area contributed by atoms with E-state index in [1.807, 2.05) is 61.5 Å². The Morgan fingerprint density at radius 1 is 1.06 bits per heavy atom. The summed E-state index contributed by atoms with van der Waals surface area (Å²) in [5.41, 5.74) is 5.87. The lowest BCUT2D eigenvalue weighted by Crippen LogP contribution is -2.13. The molecule has 5 nitrogen and oxygen atoms in total. The van der Waals surface area contributed by atoms with Crippen molar-refractivity contribution in [1.82, 2.24) is 15.0 Å². The highest BCUT2D eigenvalue weighted by molar-refractivity contribution is 6.31. The Balaban J connectivity index is 1.42. The van der Waals surface area contributed by atoms with E-state index in [4.69, 9.17) is 16.6 Å². The van der Waals surface area contributed by atoms with Gasteiger partial charge in [-0.2, -0.15) is 0 Å². The van der Waals surface area contributed by atoms with Gasteiger partial charge in [0.05, 0.1) is 16.9 Å². The van der Waals surface area contributed by atoms with Gasteiger partial charge in [-0.15, -0.1) is 0 Å². The minimum Gasteiger partial charge on any atom is -0.353 e. The molecular formula is C27H23ClN4O. The van der Waals surface area contributed by atoms with Crippen LogP contribution in [0.4, 0.5) is 5.82 Å². The molecule has 0 aliphatic heterocycles. The molecule has 0 atom stereocenters. The third-order valence-corrected chi connectivity index (χ3v) is 6.06. The van der Waals surface area contributed by atoms with Gasteiger partial charge in [-0.05, 0) is 67.3 Å². The number of nitrogens with zero attached hydrogens (tertiary/aromatic N) is 2. The molecule has 2 aromatic carbocycles. The van der Waals surface area contributed by atoms with Crippen LogP contribution in [0.15, 0.2) is 72.9 Å². The molecule has 3 aromatic heterocycles. The highest BCUT2D eigenvalue weighted by Gasteiger charge is 2.16. The summed E-state index contributed by atoms with van der Waals surface area (Å²) >= 11 is 6.31. The summed E-state index contributed by atoms with van der Waals surface area (Å²) in [6.45, 7) is 1.93. The van der Waals surface area contributed by atoms with E-state index < -0.39 is 0 Å². The smallest absolute Gasteiger partial charge is 0.225 e. The number of H-pyrrole nitrogens is 1. The average molecular weight is 455 g/mol. The lowest BCUT2D eigenvalue weighted by molar-refractivity contribution is -0.116. The van der Waals surface area contributed by atoms with Crippen LogP contribution < -0.4 is 5.32 Å². The van der Waals surface area contributed by atoms with Crippen LogP contribution in [-0.4, -0.2) is 20.9 Å². The molecule has 0 aliphatic carbocycles. The summed E-state index contributed by atoms with van der Waals surface area (Å²) in [5.74, 6) is 0.572. The molecule has 0 saturated heterocycles. The number of hydrogen-bond donors (Lipinski definition) is 2. The molecule has 164 valence electrons. The summed E-state index contributed by atoms with van der Waals surface area (Å²) in [4.78, 5) is 25.2. The first kappa shape index (κ1) is 21.2. The molecule has 5 rings (SSSR count). The predicted molar refractivity (Wildman–Crippen MR) is 135 cm³/mol. The molecule has 0 unspecified atom stereocenters. The molecule has 33 heavy (non-hydrogen) atoms. The Kier molecular flexibility index (Phi) is 5.80. The number of aryl methyl sites for hydroxylation is 2. The standard InChI is InChI=1S/C27H23ClN4O/c1-17-6-5-15-29-27(17)32-25(33)10-4-8-20-21-16-19(28)12-14-23(21)31-26(20)24-13-11-18-7-2-3-9-22(18)30-24/h2-3,5-7,9,11-16,31H,4,8,10H2,1H3,(H,29,32,33). The van der Waals surface area contributed by atoms with Crippen molar-refractivity contribution in [3.8, 4) is 11.4 Å². The largest absolute Gasteiger partial charge is 0.353 e. The molecule has 0 saturated carbocycles. The van der Waals surface area contributed by atoms with Crippen LogP contribution in [0.5, 0.6) is 0 Å². The number of halogens is 1. The molecule has 1 amide bonds. The topological polar surface area (TPSA) is 70.7 Å². The van der Waals surface area contributed by atoms with E-state index >= 15 is 0 Å². The quantitative estimate of drug-likeness (QED) is 0.300. The Hall–Kier alpha value is -3.70. The monoisotopic (exact) mass is 454 g/mol. The Morgan fingerprint density at radius 2 is 1.94 bits per heavy atom. The minimum absolute atomic E-state index is 0.0416. The molecule has 0 bridgehead atoms.